The van der Waals surface area contributed by atoms with E-state index in [1.165, 1.54) is 0 Å². The van der Waals surface area contributed by atoms with Gasteiger partial charge >= 0.3 is 0 Å². The Morgan fingerprint density at radius 1 is 1.50 bits per heavy atom. The fourth-order valence-corrected chi connectivity index (χ4v) is 2.22. The molecule has 2 aromatic rings. The van der Waals surface area contributed by atoms with Crippen molar-refractivity contribution in [2.24, 2.45) is 11.1 Å². The van der Waals surface area contributed by atoms with Crippen LogP contribution in [-0.2, 0) is 0 Å². The molecular formula is C12H18BrN5. The maximum Gasteiger partial charge on any atom is 0.245 e. The van der Waals surface area contributed by atoms with Gasteiger partial charge in [0.15, 0.2) is 5.65 Å². The van der Waals surface area contributed by atoms with Crippen LogP contribution in [0.1, 0.15) is 13.8 Å². The molecule has 0 saturated carbocycles. The molecule has 0 saturated heterocycles. The van der Waals surface area contributed by atoms with Crippen LogP contribution in [0.2, 0.25) is 0 Å². The van der Waals surface area contributed by atoms with Crippen molar-refractivity contribution in [3.63, 3.8) is 0 Å². The largest absolute Gasteiger partial charge is 0.342 e. The van der Waals surface area contributed by atoms with Crippen LogP contribution >= 0.6 is 15.9 Å². The van der Waals surface area contributed by atoms with Gasteiger partial charge in [0.2, 0.25) is 5.95 Å². The normalized spacial score (nSPS) is 12.1. The Morgan fingerprint density at radius 3 is 2.83 bits per heavy atom. The van der Waals surface area contributed by atoms with E-state index in [1.807, 2.05) is 30.3 Å². The number of fused-ring (bicyclic) bond motifs is 1. The number of aromatic nitrogens is 3. The minimum atomic E-state index is 0.0451. The topological polar surface area (TPSA) is 59.5 Å². The van der Waals surface area contributed by atoms with Crippen molar-refractivity contribution in [3.8, 4) is 0 Å². The summed E-state index contributed by atoms with van der Waals surface area (Å²) in [5, 5.41) is 4.45. The molecule has 0 atom stereocenters. The molecular weight excluding hydrogens is 294 g/mol. The number of halogens is 1. The predicted octanol–water partition coefficient (Wildman–Crippen LogP) is 1.91. The monoisotopic (exact) mass is 311 g/mol. The third-order valence-electron chi connectivity index (χ3n) is 2.86. The fourth-order valence-electron chi connectivity index (χ4n) is 1.80. The van der Waals surface area contributed by atoms with E-state index in [0.29, 0.717) is 12.5 Å². The number of nitrogens with zero attached hydrogens (tertiary/aromatic N) is 4. The number of anilines is 1. The number of hydrogen-bond acceptors (Lipinski definition) is 4. The van der Waals surface area contributed by atoms with Crippen molar-refractivity contribution in [1.82, 2.24) is 14.6 Å². The SMILES string of the molecule is CN(CC(C)(C)CN)c1nc2c(Br)cccn2n1. The average Bonchev–Trinajstić information content (AvgIpc) is 2.74. The first-order valence-corrected chi connectivity index (χ1v) is 6.64. The van der Waals surface area contributed by atoms with Gasteiger partial charge in [-0.15, -0.1) is 5.10 Å². The van der Waals surface area contributed by atoms with E-state index in [4.69, 9.17) is 5.73 Å². The van der Waals surface area contributed by atoms with Crippen molar-refractivity contribution >= 4 is 27.5 Å². The van der Waals surface area contributed by atoms with Crippen LogP contribution in [0.5, 0.6) is 0 Å². The quantitative estimate of drug-likeness (QED) is 0.937. The summed E-state index contributed by atoms with van der Waals surface area (Å²) in [7, 11) is 1.99. The number of pyridine rings is 1. The molecule has 5 nitrogen and oxygen atoms in total. The third-order valence-corrected chi connectivity index (χ3v) is 3.48. The maximum atomic E-state index is 5.75. The molecule has 6 heteroatoms. The van der Waals surface area contributed by atoms with Crippen LogP contribution in [0.4, 0.5) is 5.95 Å². The fraction of sp³-hybridized carbons (Fsp3) is 0.500. The lowest BCUT2D eigenvalue weighted by molar-refractivity contribution is 0.383. The summed E-state index contributed by atoms with van der Waals surface area (Å²) < 4.78 is 2.71. The van der Waals surface area contributed by atoms with Gasteiger partial charge in [-0.3, -0.25) is 0 Å². The van der Waals surface area contributed by atoms with E-state index >= 15 is 0 Å². The minimum absolute atomic E-state index is 0.0451. The van der Waals surface area contributed by atoms with Gasteiger partial charge in [0.05, 0.1) is 4.47 Å². The Kier molecular flexibility index (Phi) is 3.59. The molecule has 98 valence electrons. The van der Waals surface area contributed by atoms with Crippen LogP contribution in [0.15, 0.2) is 22.8 Å². The highest BCUT2D eigenvalue weighted by atomic mass is 79.9. The average molecular weight is 312 g/mol. The maximum absolute atomic E-state index is 5.75. The van der Waals surface area contributed by atoms with Gasteiger partial charge in [0, 0.05) is 19.8 Å². The van der Waals surface area contributed by atoms with E-state index in [2.05, 4.69) is 39.9 Å². The zero-order chi connectivity index (χ0) is 13.3. The first-order valence-electron chi connectivity index (χ1n) is 5.85. The zero-order valence-corrected chi connectivity index (χ0v) is 12.5. The highest BCUT2D eigenvalue weighted by molar-refractivity contribution is 9.10. The minimum Gasteiger partial charge on any atom is -0.342 e. The molecule has 0 amide bonds. The van der Waals surface area contributed by atoms with Crippen molar-refractivity contribution in [2.75, 3.05) is 25.0 Å². The van der Waals surface area contributed by atoms with Gasteiger partial charge in [0.25, 0.3) is 0 Å². The molecule has 0 aliphatic rings. The van der Waals surface area contributed by atoms with E-state index in [0.717, 1.165) is 16.7 Å². The number of hydrogen-bond donors (Lipinski definition) is 1. The molecule has 2 rings (SSSR count). The summed E-state index contributed by atoms with van der Waals surface area (Å²) in [6.07, 6.45) is 1.89. The molecule has 0 radical (unpaired) electrons. The van der Waals surface area contributed by atoms with Crippen LogP contribution in [0.3, 0.4) is 0 Å². The van der Waals surface area contributed by atoms with Crippen molar-refractivity contribution < 1.29 is 0 Å². The smallest absolute Gasteiger partial charge is 0.245 e. The van der Waals surface area contributed by atoms with Crippen LogP contribution in [0, 0.1) is 5.41 Å². The first-order chi connectivity index (χ1) is 8.43. The molecule has 0 unspecified atom stereocenters. The summed E-state index contributed by atoms with van der Waals surface area (Å²) in [5.74, 6) is 0.712. The van der Waals surface area contributed by atoms with Gasteiger partial charge in [-0.05, 0) is 40.0 Å². The summed E-state index contributed by atoms with van der Waals surface area (Å²) in [6, 6.07) is 3.89. The lowest BCUT2D eigenvalue weighted by atomic mass is 9.93. The van der Waals surface area contributed by atoms with Crippen LogP contribution in [0.25, 0.3) is 5.65 Å². The van der Waals surface area contributed by atoms with Crippen LogP contribution in [-0.4, -0.2) is 34.7 Å². The Bertz CT molecular complexity index is 548. The molecule has 0 aliphatic heterocycles. The van der Waals surface area contributed by atoms with Gasteiger partial charge in [-0.25, -0.2) is 4.52 Å². The summed E-state index contributed by atoms with van der Waals surface area (Å²) in [4.78, 5) is 6.55. The van der Waals surface area contributed by atoms with E-state index in [1.54, 1.807) is 4.52 Å². The van der Waals surface area contributed by atoms with Gasteiger partial charge in [-0.1, -0.05) is 13.8 Å². The molecule has 2 heterocycles. The highest BCUT2D eigenvalue weighted by Gasteiger charge is 2.20. The standard InChI is InChI=1S/C12H18BrN5/c1-12(2,7-14)8-17(3)11-15-10-9(13)5-4-6-18(10)16-11/h4-6H,7-8,14H2,1-3H3. The Balaban J connectivity index is 2.29. The molecule has 0 bridgehead atoms. The van der Waals surface area contributed by atoms with Crippen molar-refractivity contribution in [3.05, 3.63) is 22.8 Å². The number of nitrogens with two attached hydrogens (primary N) is 1. The Morgan fingerprint density at radius 2 is 2.22 bits per heavy atom. The number of rotatable bonds is 4. The van der Waals surface area contributed by atoms with Gasteiger partial charge in [0.1, 0.15) is 0 Å². The molecule has 0 fully saturated rings. The van der Waals surface area contributed by atoms with E-state index in [-0.39, 0.29) is 5.41 Å². The second kappa shape index (κ2) is 4.85. The highest BCUT2D eigenvalue weighted by Crippen LogP contribution is 2.21. The molecule has 18 heavy (non-hydrogen) atoms. The lowest BCUT2D eigenvalue weighted by Crippen LogP contribution is -2.37. The van der Waals surface area contributed by atoms with Gasteiger partial charge < -0.3 is 10.6 Å². The summed E-state index contributed by atoms with van der Waals surface area (Å²) in [5.41, 5.74) is 6.62. The second-order valence-electron chi connectivity index (χ2n) is 5.26. The van der Waals surface area contributed by atoms with Gasteiger partial charge in [-0.2, -0.15) is 4.98 Å². The molecule has 0 aliphatic carbocycles. The summed E-state index contributed by atoms with van der Waals surface area (Å²) >= 11 is 3.47. The summed E-state index contributed by atoms with van der Waals surface area (Å²) in [6.45, 7) is 5.72. The molecule has 2 N–H and O–H groups in total. The third kappa shape index (κ3) is 2.64. The predicted molar refractivity (Wildman–Crippen MR) is 76.8 cm³/mol. The van der Waals surface area contributed by atoms with Crippen LogP contribution < -0.4 is 10.6 Å². The van der Waals surface area contributed by atoms with E-state index in [9.17, 15) is 0 Å². The Hall–Kier alpha value is -1.14. The molecule has 0 spiro atoms. The van der Waals surface area contributed by atoms with E-state index < -0.39 is 0 Å². The Labute approximate surface area is 115 Å². The lowest BCUT2D eigenvalue weighted by Gasteiger charge is -2.28. The zero-order valence-electron chi connectivity index (χ0n) is 10.9. The van der Waals surface area contributed by atoms with Crippen molar-refractivity contribution in [1.29, 1.82) is 0 Å². The first kappa shape index (κ1) is 13.3. The second-order valence-corrected chi connectivity index (χ2v) is 6.11. The van der Waals surface area contributed by atoms with Crippen molar-refractivity contribution in [2.45, 2.75) is 13.8 Å². The molecule has 2 aromatic heterocycles. The molecule has 0 aromatic carbocycles.